The van der Waals surface area contributed by atoms with Crippen molar-refractivity contribution in [3.05, 3.63) is 11.1 Å². The van der Waals surface area contributed by atoms with Crippen molar-refractivity contribution in [1.29, 1.82) is 0 Å². The average Bonchev–Trinajstić information content (AvgIpc) is 2.76. The van der Waals surface area contributed by atoms with Gasteiger partial charge < -0.3 is 0 Å². The van der Waals surface area contributed by atoms with Crippen molar-refractivity contribution in [3.8, 4) is 0 Å². The van der Waals surface area contributed by atoms with E-state index in [1.807, 2.05) is 4.90 Å². The molecule has 2 heterocycles. The second-order valence-electron chi connectivity index (χ2n) is 4.11. The molecule has 1 aliphatic heterocycles. The number of thiazole rings is 1. The Kier molecular flexibility index (Phi) is 4.49. The number of sulfone groups is 1. The number of nitrogens with two attached hydrogens (primary N) is 1. The van der Waals surface area contributed by atoms with E-state index in [-0.39, 0.29) is 0 Å². The van der Waals surface area contributed by atoms with Crippen LogP contribution >= 0.6 is 23.1 Å². The summed E-state index contributed by atoms with van der Waals surface area (Å²) in [6.45, 7) is 1.39. The Balaban J connectivity index is 2.10. The summed E-state index contributed by atoms with van der Waals surface area (Å²) in [5, 5.41) is 0.250. The van der Waals surface area contributed by atoms with Crippen LogP contribution in [0, 0.1) is 0 Å². The van der Waals surface area contributed by atoms with E-state index in [0.717, 1.165) is 17.2 Å². The number of anilines is 1. The van der Waals surface area contributed by atoms with Crippen LogP contribution in [0.15, 0.2) is 6.20 Å². The lowest BCUT2D eigenvalue weighted by atomic mass is 10.4. The minimum atomic E-state index is -3.04. The van der Waals surface area contributed by atoms with Crippen LogP contribution in [0.25, 0.3) is 0 Å². The van der Waals surface area contributed by atoms with Crippen molar-refractivity contribution < 1.29 is 8.42 Å². The predicted octanol–water partition coefficient (Wildman–Crippen LogP) is 0.348. The molecule has 1 unspecified atom stereocenters. The fourth-order valence-electron chi connectivity index (χ4n) is 1.84. The number of aromatic nitrogens is 1. The summed E-state index contributed by atoms with van der Waals surface area (Å²) in [5.41, 5.74) is 2.49. The molecule has 0 amide bonds. The highest BCUT2D eigenvalue weighted by molar-refractivity contribution is 8.00. The molecule has 1 aromatic rings. The zero-order chi connectivity index (χ0) is 13.2. The van der Waals surface area contributed by atoms with E-state index >= 15 is 0 Å². The lowest BCUT2D eigenvalue weighted by molar-refractivity contribution is 0.264. The Labute approximate surface area is 115 Å². The molecular weight excluding hydrogens is 292 g/mol. The monoisotopic (exact) mass is 308 g/mol. The lowest BCUT2D eigenvalue weighted by Crippen LogP contribution is -2.46. The van der Waals surface area contributed by atoms with Gasteiger partial charge in [-0.05, 0) is 0 Å². The zero-order valence-electron chi connectivity index (χ0n) is 10.00. The van der Waals surface area contributed by atoms with Gasteiger partial charge in [-0.1, -0.05) is 11.3 Å². The Hall–Kier alpha value is -0.350. The molecule has 6 nitrogen and oxygen atoms in total. The topological polar surface area (TPSA) is 88.3 Å². The normalized spacial score (nSPS) is 22.0. The molecule has 2 rings (SSSR count). The number of hydrazine groups is 1. The van der Waals surface area contributed by atoms with E-state index in [4.69, 9.17) is 5.84 Å². The maximum absolute atomic E-state index is 11.7. The van der Waals surface area contributed by atoms with Gasteiger partial charge in [-0.25, -0.2) is 19.2 Å². The largest absolute Gasteiger partial charge is 0.300 e. The van der Waals surface area contributed by atoms with Crippen LogP contribution in [0.5, 0.6) is 0 Å². The molecule has 18 heavy (non-hydrogen) atoms. The van der Waals surface area contributed by atoms with Crippen molar-refractivity contribution in [2.24, 2.45) is 5.84 Å². The van der Waals surface area contributed by atoms with E-state index < -0.39 is 15.2 Å². The highest BCUT2D eigenvalue weighted by Gasteiger charge is 2.31. The number of nitrogens with zero attached hydrogens (tertiary/aromatic N) is 2. The molecule has 0 aliphatic carbocycles. The molecule has 0 radical (unpaired) electrons. The molecule has 1 atom stereocenters. The third-order valence-electron chi connectivity index (χ3n) is 2.72. The quantitative estimate of drug-likeness (QED) is 0.613. The number of hydrogen-bond donors (Lipinski definition) is 2. The molecule has 0 saturated carbocycles. The maximum atomic E-state index is 11.7. The fourth-order valence-corrected chi connectivity index (χ4v) is 5.53. The van der Waals surface area contributed by atoms with Crippen molar-refractivity contribution in [1.82, 2.24) is 9.88 Å². The number of nitrogen functional groups attached to an aromatic ring is 1. The van der Waals surface area contributed by atoms with Crippen molar-refractivity contribution in [2.45, 2.75) is 11.9 Å². The van der Waals surface area contributed by atoms with Crippen LogP contribution in [-0.2, 0) is 16.4 Å². The van der Waals surface area contributed by atoms with Crippen LogP contribution in [-0.4, -0.2) is 48.0 Å². The van der Waals surface area contributed by atoms with Gasteiger partial charge in [0.05, 0.1) is 0 Å². The minimum Gasteiger partial charge on any atom is -0.300 e. The molecule has 3 N–H and O–H groups in total. The molecule has 0 spiro atoms. The SMILES string of the molecule is CS(=O)(=O)C1CSCCN1Cc1cnc(NN)s1. The van der Waals surface area contributed by atoms with E-state index in [1.54, 1.807) is 18.0 Å². The Bertz CT molecular complexity index is 502. The van der Waals surface area contributed by atoms with E-state index in [9.17, 15) is 8.42 Å². The number of thioether (sulfide) groups is 1. The molecule has 9 heteroatoms. The molecule has 0 aromatic carbocycles. The average molecular weight is 308 g/mol. The third-order valence-corrected chi connectivity index (χ3v) is 6.32. The molecule has 0 bridgehead atoms. The summed E-state index contributed by atoms with van der Waals surface area (Å²) in [4.78, 5) is 7.11. The first-order valence-corrected chi connectivity index (χ1v) is 9.35. The van der Waals surface area contributed by atoms with Gasteiger partial charge in [0, 0.05) is 41.9 Å². The summed E-state index contributed by atoms with van der Waals surface area (Å²) < 4.78 is 23.5. The Morgan fingerprint density at radius 1 is 1.67 bits per heavy atom. The van der Waals surface area contributed by atoms with Gasteiger partial charge in [-0.2, -0.15) is 11.8 Å². The van der Waals surface area contributed by atoms with Crippen LogP contribution in [0.2, 0.25) is 0 Å². The highest BCUT2D eigenvalue weighted by Crippen LogP contribution is 2.25. The smallest absolute Gasteiger partial charge is 0.197 e. The van der Waals surface area contributed by atoms with Gasteiger partial charge in [0.1, 0.15) is 5.37 Å². The van der Waals surface area contributed by atoms with Gasteiger partial charge in [-0.3, -0.25) is 10.3 Å². The molecular formula is C9H16N4O2S3. The summed E-state index contributed by atoms with van der Waals surface area (Å²) in [6.07, 6.45) is 3.04. The summed E-state index contributed by atoms with van der Waals surface area (Å²) in [6, 6.07) is 0. The first-order valence-electron chi connectivity index (χ1n) is 5.42. The van der Waals surface area contributed by atoms with Crippen LogP contribution in [0.4, 0.5) is 5.13 Å². The summed E-state index contributed by atoms with van der Waals surface area (Å²) in [5.74, 6) is 6.88. The van der Waals surface area contributed by atoms with E-state index in [1.165, 1.54) is 17.6 Å². The van der Waals surface area contributed by atoms with Crippen molar-refractivity contribution in [2.75, 3.05) is 29.7 Å². The number of hydrogen-bond acceptors (Lipinski definition) is 8. The highest BCUT2D eigenvalue weighted by atomic mass is 32.2. The molecule has 102 valence electrons. The number of nitrogens with one attached hydrogen (secondary N) is 1. The van der Waals surface area contributed by atoms with E-state index in [2.05, 4.69) is 10.4 Å². The lowest BCUT2D eigenvalue weighted by Gasteiger charge is -2.33. The van der Waals surface area contributed by atoms with Gasteiger partial charge >= 0.3 is 0 Å². The molecule has 1 aliphatic rings. The van der Waals surface area contributed by atoms with Gasteiger partial charge in [-0.15, -0.1) is 0 Å². The second-order valence-corrected chi connectivity index (χ2v) is 8.57. The van der Waals surface area contributed by atoms with Gasteiger partial charge in [0.25, 0.3) is 0 Å². The zero-order valence-corrected chi connectivity index (χ0v) is 12.4. The predicted molar refractivity (Wildman–Crippen MR) is 76.3 cm³/mol. The van der Waals surface area contributed by atoms with Crippen LogP contribution in [0.3, 0.4) is 0 Å². The van der Waals surface area contributed by atoms with E-state index in [0.29, 0.717) is 17.4 Å². The van der Waals surface area contributed by atoms with Gasteiger partial charge in [0.2, 0.25) is 0 Å². The third kappa shape index (κ3) is 3.35. The minimum absolute atomic E-state index is 0.396. The second kappa shape index (κ2) is 5.74. The fraction of sp³-hybridized carbons (Fsp3) is 0.667. The first-order chi connectivity index (χ1) is 8.50. The van der Waals surface area contributed by atoms with Gasteiger partial charge in [0.15, 0.2) is 15.0 Å². The van der Waals surface area contributed by atoms with Crippen LogP contribution in [0.1, 0.15) is 4.88 Å². The maximum Gasteiger partial charge on any atom is 0.197 e. The number of rotatable bonds is 4. The standard InChI is InChI=1S/C9H16N4O2S3/c1-18(14,15)8-6-16-3-2-13(8)5-7-4-11-9(12-10)17-7/h4,8H,2-3,5-6,10H2,1H3,(H,11,12). The molecule has 1 aromatic heterocycles. The summed E-state index contributed by atoms with van der Waals surface area (Å²) >= 11 is 3.14. The Morgan fingerprint density at radius 3 is 3.06 bits per heavy atom. The molecule has 1 saturated heterocycles. The van der Waals surface area contributed by atoms with Crippen LogP contribution < -0.4 is 11.3 Å². The molecule has 1 fully saturated rings. The summed E-state index contributed by atoms with van der Waals surface area (Å²) in [7, 11) is -3.04. The van der Waals surface area contributed by atoms with Crippen molar-refractivity contribution in [3.63, 3.8) is 0 Å². The Morgan fingerprint density at radius 2 is 2.44 bits per heavy atom. The van der Waals surface area contributed by atoms with Crippen molar-refractivity contribution >= 4 is 38.1 Å². The first kappa shape index (κ1) is 14.1.